The molecule has 0 saturated carbocycles. The van der Waals surface area contributed by atoms with Crippen LogP contribution in [0, 0.1) is 0 Å². The van der Waals surface area contributed by atoms with E-state index in [0.717, 1.165) is 10.7 Å². The van der Waals surface area contributed by atoms with Crippen molar-refractivity contribution in [3.05, 3.63) is 30.3 Å². The quantitative estimate of drug-likeness (QED) is 0.717. The van der Waals surface area contributed by atoms with Gasteiger partial charge in [0.1, 0.15) is 0 Å². The molecule has 0 fully saturated rings. The summed E-state index contributed by atoms with van der Waals surface area (Å²) in [5.74, 6) is 0. The highest BCUT2D eigenvalue weighted by atomic mass is 32.1. The summed E-state index contributed by atoms with van der Waals surface area (Å²) in [6, 6.07) is 9.12. The fraction of sp³-hybridized carbons (Fsp3) is 0.125. The maximum absolute atomic E-state index is 10.7. The Kier molecular flexibility index (Phi) is 2.46. The molecule has 1 aromatic carbocycles. The van der Waals surface area contributed by atoms with Crippen molar-refractivity contribution in [1.82, 2.24) is 5.01 Å². The van der Waals surface area contributed by atoms with E-state index in [4.69, 9.17) is 5.11 Å². The van der Waals surface area contributed by atoms with Gasteiger partial charge in [-0.1, -0.05) is 18.2 Å². The van der Waals surface area contributed by atoms with Gasteiger partial charge in [0.15, 0.2) is 5.50 Å². The fourth-order valence-electron chi connectivity index (χ4n) is 1.18. The summed E-state index contributed by atoms with van der Waals surface area (Å²) in [5.41, 5.74) is 0.0231. The number of rotatable bonds is 1. The topological polar surface area (TPSA) is 68.5 Å². The average molecular weight is 224 g/mol. The van der Waals surface area contributed by atoms with Crippen LogP contribution in [0.4, 0.5) is 10.5 Å². The van der Waals surface area contributed by atoms with Gasteiger partial charge in [-0.15, -0.1) is 17.6 Å². The largest absolute Gasteiger partial charge is 0.464 e. The number of anilines is 1. The zero-order valence-corrected chi connectivity index (χ0v) is 8.45. The van der Waals surface area contributed by atoms with Crippen LogP contribution in [0.2, 0.25) is 0 Å². The Labute approximate surface area is 91.2 Å². The van der Waals surface area contributed by atoms with E-state index in [1.807, 2.05) is 18.2 Å². The van der Waals surface area contributed by atoms with Crippen molar-refractivity contribution in [3.63, 3.8) is 0 Å². The van der Waals surface area contributed by atoms with E-state index >= 15 is 0 Å². The number of para-hydroxylation sites is 1. The van der Waals surface area contributed by atoms with Gasteiger partial charge in [0.05, 0.1) is 5.69 Å². The molecule has 1 aliphatic rings. The van der Waals surface area contributed by atoms with E-state index < -0.39 is 11.6 Å². The van der Waals surface area contributed by atoms with Gasteiger partial charge in [0.2, 0.25) is 0 Å². The van der Waals surface area contributed by atoms with Gasteiger partial charge in [-0.3, -0.25) is 0 Å². The predicted molar refractivity (Wildman–Crippen MR) is 56.4 cm³/mol. The van der Waals surface area contributed by atoms with Crippen LogP contribution in [0.1, 0.15) is 0 Å². The third kappa shape index (κ3) is 1.73. The number of hydrogen-bond acceptors (Lipinski definition) is 5. The SMILES string of the molecule is O=C(O)N1N=NN(c2ccccc2)C1S. The van der Waals surface area contributed by atoms with Crippen LogP contribution in [-0.4, -0.2) is 21.7 Å². The first-order valence-electron chi connectivity index (χ1n) is 4.16. The molecule has 1 amide bonds. The van der Waals surface area contributed by atoms with Crippen molar-refractivity contribution in [3.8, 4) is 0 Å². The second-order valence-electron chi connectivity index (χ2n) is 2.83. The Balaban J connectivity index is 2.22. The Bertz CT molecular complexity index is 397. The summed E-state index contributed by atoms with van der Waals surface area (Å²) >= 11 is 4.12. The minimum atomic E-state index is -1.18. The van der Waals surface area contributed by atoms with Gasteiger partial charge in [0.25, 0.3) is 0 Å². The molecule has 2 rings (SSSR count). The van der Waals surface area contributed by atoms with Gasteiger partial charge >= 0.3 is 6.09 Å². The molecular weight excluding hydrogens is 216 g/mol. The molecule has 0 aromatic heterocycles. The van der Waals surface area contributed by atoms with E-state index in [2.05, 4.69) is 23.1 Å². The van der Waals surface area contributed by atoms with Crippen LogP contribution in [0.5, 0.6) is 0 Å². The molecule has 15 heavy (non-hydrogen) atoms. The summed E-state index contributed by atoms with van der Waals surface area (Å²) in [4.78, 5) is 10.7. The van der Waals surface area contributed by atoms with Crippen molar-refractivity contribution in [2.75, 3.05) is 5.01 Å². The molecule has 0 aliphatic carbocycles. The number of hydrogen-bond donors (Lipinski definition) is 2. The van der Waals surface area contributed by atoms with E-state index in [9.17, 15) is 4.79 Å². The van der Waals surface area contributed by atoms with Crippen molar-refractivity contribution in [1.29, 1.82) is 0 Å². The molecule has 1 unspecified atom stereocenters. The van der Waals surface area contributed by atoms with Crippen LogP contribution in [0.25, 0.3) is 0 Å². The van der Waals surface area contributed by atoms with E-state index in [1.165, 1.54) is 5.01 Å². The van der Waals surface area contributed by atoms with Crippen molar-refractivity contribution in [2.45, 2.75) is 5.50 Å². The second kappa shape index (κ2) is 3.77. The van der Waals surface area contributed by atoms with E-state index in [-0.39, 0.29) is 0 Å². The van der Waals surface area contributed by atoms with Crippen molar-refractivity contribution >= 4 is 24.4 Å². The zero-order chi connectivity index (χ0) is 10.8. The number of amides is 1. The zero-order valence-electron chi connectivity index (χ0n) is 7.56. The molecule has 1 atom stereocenters. The highest BCUT2D eigenvalue weighted by molar-refractivity contribution is 7.81. The fourth-order valence-corrected chi connectivity index (χ4v) is 1.51. The Hall–Kier alpha value is -1.76. The first kappa shape index (κ1) is 9.78. The third-order valence-electron chi connectivity index (χ3n) is 1.89. The standard InChI is InChI=1S/C8H8N4O2S/c13-8(14)12-7(15)11(9-10-12)6-4-2-1-3-5-6/h1-5,7,15H,(H,13,14). The van der Waals surface area contributed by atoms with Crippen molar-refractivity contribution in [2.24, 2.45) is 10.4 Å². The van der Waals surface area contributed by atoms with Gasteiger partial charge < -0.3 is 5.11 Å². The maximum atomic E-state index is 10.7. The number of thiol groups is 1. The summed E-state index contributed by atoms with van der Waals surface area (Å²) in [7, 11) is 0. The molecule has 0 spiro atoms. The number of nitrogens with zero attached hydrogens (tertiary/aromatic N) is 4. The smallest absolute Gasteiger partial charge is 0.432 e. The molecular formula is C8H8N4O2S. The molecule has 0 radical (unpaired) electrons. The van der Waals surface area contributed by atoms with Gasteiger partial charge in [0, 0.05) is 0 Å². The van der Waals surface area contributed by atoms with Gasteiger partial charge in [-0.2, -0.15) is 0 Å². The molecule has 1 aliphatic heterocycles. The first-order chi connectivity index (χ1) is 7.20. The first-order valence-corrected chi connectivity index (χ1v) is 4.68. The summed E-state index contributed by atoms with van der Waals surface area (Å²) in [6.45, 7) is 0. The molecule has 1 aromatic rings. The van der Waals surface area contributed by atoms with Crippen LogP contribution in [-0.2, 0) is 0 Å². The highest BCUT2D eigenvalue weighted by Crippen LogP contribution is 2.26. The van der Waals surface area contributed by atoms with E-state index in [0.29, 0.717) is 0 Å². The normalized spacial score (nSPS) is 19.7. The highest BCUT2D eigenvalue weighted by Gasteiger charge is 2.32. The number of carbonyl (C=O) groups is 1. The molecule has 7 heteroatoms. The van der Waals surface area contributed by atoms with Gasteiger partial charge in [-0.25, -0.2) is 9.80 Å². The summed E-state index contributed by atoms with van der Waals surface area (Å²) in [5, 5.41) is 18.1. The van der Waals surface area contributed by atoms with Crippen LogP contribution in [0.3, 0.4) is 0 Å². The molecule has 1 heterocycles. The molecule has 78 valence electrons. The Morgan fingerprint density at radius 3 is 2.53 bits per heavy atom. The molecule has 0 bridgehead atoms. The Morgan fingerprint density at radius 2 is 2.00 bits per heavy atom. The lowest BCUT2D eigenvalue weighted by Gasteiger charge is -2.20. The lowest BCUT2D eigenvalue weighted by Crippen LogP contribution is -2.36. The van der Waals surface area contributed by atoms with Crippen molar-refractivity contribution < 1.29 is 9.90 Å². The predicted octanol–water partition coefficient (Wildman–Crippen LogP) is 1.98. The number of carboxylic acid groups (broad SMARTS) is 1. The van der Waals surface area contributed by atoms with Gasteiger partial charge in [-0.05, 0) is 22.6 Å². The lowest BCUT2D eigenvalue weighted by atomic mass is 10.3. The lowest BCUT2D eigenvalue weighted by molar-refractivity contribution is 0.147. The average Bonchev–Trinajstić information content (AvgIpc) is 2.61. The molecule has 0 saturated heterocycles. The minimum Gasteiger partial charge on any atom is -0.464 e. The van der Waals surface area contributed by atoms with Crippen LogP contribution in [0.15, 0.2) is 40.8 Å². The Morgan fingerprint density at radius 1 is 1.33 bits per heavy atom. The maximum Gasteiger partial charge on any atom is 0.432 e. The molecule has 1 N–H and O–H groups in total. The minimum absolute atomic E-state index is 0.718. The summed E-state index contributed by atoms with van der Waals surface area (Å²) in [6.07, 6.45) is -1.18. The van der Waals surface area contributed by atoms with E-state index in [1.54, 1.807) is 12.1 Å². The van der Waals surface area contributed by atoms with Crippen LogP contribution < -0.4 is 5.01 Å². The molecule has 6 nitrogen and oxygen atoms in total. The monoisotopic (exact) mass is 224 g/mol. The number of benzene rings is 1. The second-order valence-corrected chi connectivity index (χ2v) is 3.29. The summed E-state index contributed by atoms with van der Waals surface area (Å²) < 4.78 is 0. The third-order valence-corrected chi connectivity index (χ3v) is 2.32. The van der Waals surface area contributed by atoms with Crippen LogP contribution >= 0.6 is 12.6 Å².